The van der Waals surface area contributed by atoms with E-state index in [1.165, 1.54) is 13.2 Å². The highest BCUT2D eigenvalue weighted by atomic mass is 16.5. The maximum absolute atomic E-state index is 11.9. The molecule has 5 nitrogen and oxygen atoms in total. The molecule has 0 saturated carbocycles. The third-order valence-electron chi connectivity index (χ3n) is 3.77. The number of rotatable bonds is 3. The molecule has 0 radical (unpaired) electrons. The van der Waals surface area contributed by atoms with E-state index < -0.39 is 5.63 Å². The van der Waals surface area contributed by atoms with Crippen LogP contribution in [0.25, 0.3) is 22.1 Å². The maximum Gasteiger partial charge on any atom is 0.336 e. The number of benzene rings is 2. The summed E-state index contributed by atoms with van der Waals surface area (Å²) in [6.45, 7) is 5.81. The summed E-state index contributed by atoms with van der Waals surface area (Å²) in [5, 5.41) is 10.6. The summed E-state index contributed by atoms with van der Waals surface area (Å²) >= 11 is 0. The lowest BCUT2D eigenvalue weighted by atomic mass is 9.99. The second-order valence-electron chi connectivity index (χ2n) is 5.15. The molecule has 0 amide bonds. The molecule has 5 heteroatoms. The third kappa shape index (κ3) is 3.45. The second-order valence-corrected chi connectivity index (χ2v) is 5.15. The van der Waals surface area contributed by atoms with E-state index >= 15 is 0 Å². The lowest BCUT2D eigenvalue weighted by molar-refractivity contribution is 0.358. The summed E-state index contributed by atoms with van der Waals surface area (Å²) in [4.78, 5) is 11.9. The molecule has 0 atom stereocenters. The molecule has 132 valence electrons. The summed E-state index contributed by atoms with van der Waals surface area (Å²) in [6.07, 6.45) is 0. The average Bonchev–Trinajstić information content (AvgIpc) is 2.63. The summed E-state index contributed by atoms with van der Waals surface area (Å²) in [6, 6.07) is 9.97. The Bertz CT molecular complexity index is 941. The fourth-order valence-corrected chi connectivity index (χ4v) is 2.58. The number of hydrogen-bond acceptors (Lipinski definition) is 5. The number of ether oxygens (including phenoxy) is 2. The smallest absolute Gasteiger partial charge is 0.336 e. The minimum Gasteiger partial charge on any atom is -0.508 e. The van der Waals surface area contributed by atoms with Crippen LogP contribution < -0.4 is 15.1 Å². The van der Waals surface area contributed by atoms with Crippen molar-refractivity contribution in [2.45, 2.75) is 20.8 Å². The summed E-state index contributed by atoms with van der Waals surface area (Å²) < 4.78 is 16.0. The van der Waals surface area contributed by atoms with Crippen molar-refractivity contribution in [2.75, 3.05) is 14.2 Å². The van der Waals surface area contributed by atoms with E-state index in [1.807, 2.05) is 19.9 Å². The summed E-state index contributed by atoms with van der Waals surface area (Å²) in [7, 11) is 3.07. The lowest BCUT2D eigenvalue weighted by Crippen LogP contribution is -2.00. The average molecular weight is 342 g/mol. The Morgan fingerprint density at radius 2 is 1.72 bits per heavy atom. The molecule has 2 aromatic carbocycles. The van der Waals surface area contributed by atoms with Crippen molar-refractivity contribution >= 4 is 11.0 Å². The third-order valence-corrected chi connectivity index (χ3v) is 3.77. The van der Waals surface area contributed by atoms with Gasteiger partial charge in [0.05, 0.1) is 19.6 Å². The van der Waals surface area contributed by atoms with Crippen molar-refractivity contribution in [1.29, 1.82) is 0 Å². The standard InChI is InChI=1S/C18H16O5.C2H6/c1-10-4-5-11(8-13(10)19)12-9-16(20)23-14-6-7-15(21-2)18(22-3)17(12)14;1-2/h4-9,19H,1-3H3;1-2H3. The first-order valence-corrected chi connectivity index (χ1v) is 8.04. The van der Waals surface area contributed by atoms with Crippen LogP contribution in [0.1, 0.15) is 19.4 Å². The van der Waals surface area contributed by atoms with Crippen LogP contribution in [0.2, 0.25) is 0 Å². The van der Waals surface area contributed by atoms with Crippen LogP contribution in [0.3, 0.4) is 0 Å². The molecule has 0 spiro atoms. The van der Waals surface area contributed by atoms with Crippen LogP contribution in [-0.4, -0.2) is 19.3 Å². The number of hydrogen-bond donors (Lipinski definition) is 1. The van der Waals surface area contributed by atoms with Crippen LogP contribution in [-0.2, 0) is 0 Å². The molecule has 0 aliphatic rings. The second kappa shape index (κ2) is 7.75. The fourth-order valence-electron chi connectivity index (χ4n) is 2.58. The van der Waals surface area contributed by atoms with Crippen molar-refractivity contribution in [3.05, 3.63) is 52.4 Å². The van der Waals surface area contributed by atoms with E-state index in [1.54, 1.807) is 38.3 Å². The van der Waals surface area contributed by atoms with E-state index in [0.717, 1.165) is 5.56 Å². The van der Waals surface area contributed by atoms with Crippen molar-refractivity contribution < 1.29 is 19.0 Å². The quantitative estimate of drug-likeness (QED) is 0.709. The monoisotopic (exact) mass is 342 g/mol. The highest BCUT2D eigenvalue weighted by Gasteiger charge is 2.17. The van der Waals surface area contributed by atoms with Crippen molar-refractivity contribution in [1.82, 2.24) is 0 Å². The van der Waals surface area contributed by atoms with Crippen molar-refractivity contribution in [2.24, 2.45) is 0 Å². The molecule has 1 aromatic heterocycles. The SMILES string of the molecule is CC.COc1ccc2oc(=O)cc(-c3ccc(C)c(O)c3)c2c1OC. The Morgan fingerprint density at radius 1 is 1.00 bits per heavy atom. The Balaban J connectivity index is 0.00000109. The Morgan fingerprint density at radius 3 is 2.32 bits per heavy atom. The highest BCUT2D eigenvalue weighted by molar-refractivity contribution is 5.99. The van der Waals surface area contributed by atoms with Crippen molar-refractivity contribution in [3.63, 3.8) is 0 Å². The van der Waals surface area contributed by atoms with Gasteiger partial charge < -0.3 is 19.0 Å². The first-order chi connectivity index (χ1) is 12.0. The first kappa shape index (κ1) is 18.4. The minimum atomic E-state index is -0.472. The zero-order valence-corrected chi connectivity index (χ0v) is 15.0. The first-order valence-electron chi connectivity index (χ1n) is 8.04. The molecular weight excluding hydrogens is 320 g/mol. The number of fused-ring (bicyclic) bond motifs is 1. The normalized spacial score (nSPS) is 10.1. The van der Waals surface area contributed by atoms with E-state index in [9.17, 15) is 9.90 Å². The Labute approximate surface area is 146 Å². The van der Waals surface area contributed by atoms with E-state index in [2.05, 4.69) is 0 Å². The van der Waals surface area contributed by atoms with Gasteiger partial charge in [0.1, 0.15) is 11.3 Å². The van der Waals surface area contributed by atoms with Crippen LogP contribution in [0.4, 0.5) is 0 Å². The van der Waals surface area contributed by atoms with Crippen LogP contribution in [0.5, 0.6) is 17.2 Å². The molecule has 1 heterocycles. The van der Waals surface area contributed by atoms with Gasteiger partial charge in [0.15, 0.2) is 11.5 Å². The van der Waals surface area contributed by atoms with Gasteiger partial charge in [-0.15, -0.1) is 0 Å². The number of phenols is 1. The van der Waals surface area contributed by atoms with Gasteiger partial charge in [-0.05, 0) is 36.2 Å². The molecular formula is C20H22O5. The van der Waals surface area contributed by atoms with Gasteiger partial charge in [0.2, 0.25) is 0 Å². The molecule has 0 unspecified atom stereocenters. The predicted octanol–water partition coefficient (Wildman–Crippen LogP) is 4.52. The molecule has 0 aliphatic carbocycles. The summed E-state index contributed by atoms with van der Waals surface area (Å²) in [5.74, 6) is 1.17. The van der Waals surface area contributed by atoms with Gasteiger partial charge >= 0.3 is 5.63 Å². The number of methoxy groups -OCH3 is 2. The summed E-state index contributed by atoms with van der Waals surface area (Å²) in [5.41, 5.74) is 1.98. The van der Waals surface area contributed by atoms with Gasteiger partial charge in [-0.25, -0.2) is 4.79 Å². The number of aromatic hydroxyl groups is 1. The van der Waals surface area contributed by atoms with Gasteiger partial charge in [0, 0.05) is 11.6 Å². The largest absolute Gasteiger partial charge is 0.508 e. The molecule has 0 saturated heterocycles. The zero-order valence-electron chi connectivity index (χ0n) is 15.0. The molecule has 3 aromatic rings. The zero-order chi connectivity index (χ0) is 18.6. The number of phenolic OH excluding ortho intramolecular Hbond substituents is 1. The minimum absolute atomic E-state index is 0.158. The number of aryl methyl sites for hydroxylation is 1. The van der Waals surface area contributed by atoms with Gasteiger partial charge in [0.25, 0.3) is 0 Å². The van der Waals surface area contributed by atoms with Crippen LogP contribution in [0.15, 0.2) is 45.6 Å². The molecule has 0 fully saturated rings. The van der Waals surface area contributed by atoms with E-state index in [0.29, 0.717) is 33.6 Å². The highest BCUT2D eigenvalue weighted by Crippen LogP contribution is 2.41. The van der Waals surface area contributed by atoms with E-state index in [4.69, 9.17) is 13.9 Å². The lowest BCUT2D eigenvalue weighted by Gasteiger charge is -2.13. The van der Waals surface area contributed by atoms with Crippen molar-refractivity contribution in [3.8, 4) is 28.4 Å². The van der Waals surface area contributed by atoms with Crippen LogP contribution in [0, 0.1) is 6.92 Å². The van der Waals surface area contributed by atoms with Crippen LogP contribution >= 0.6 is 0 Å². The van der Waals surface area contributed by atoms with Gasteiger partial charge in [-0.1, -0.05) is 26.0 Å². The predicted molar refractivity (Wildman–Crippen MR) is 98.8 cm³/mol. The van der Waals surface area contributed by atoms with Gasteiger partial charge in [-0.3, -0.25) is 0 Å². The Kier molecular flexibility index (Phi) is 5.70. The molecule has 25 heavy (non-hydrogen) atoms. The topological polar surface area (TPSA) is 68.9 Å². The fraction of sp³-hybridized carbons (Fsp3) is 0.250. The maximum atomic E-state index is 11.9. The molecule has 0 bridgehead atoms. The Hall–Kier alpha value is -2.95. The van der Waals surface area contributed by atoms with E-state index in [-0.39, 0.29) is 5.75 Å². The molecule has 0 aliphatic heterocycles. The van der Waals surface area contributed by atoms with Gasteiger partial charge in [-0.2, -0.15) is 0 Å². The molecule has 1 N–H and O–H groups in total. The molecule has 3 rings (SSSR count).